The molecule has 0 aliphatic rings. The highest BCUT2D eigenvalue weighted by Gasteiger charge is 2.18. The fourth-order valence-corrected chi connectivity index (χ4v) is 1.04. The molecule has 0 radical (unpaired) electrons. The van der Waals surface area contributed by atoms with Gasteiger partial charge in [0, 0.05) is 0 Å². The fourth-order valence-electron chi connectivity index (χ4n) is 0.897. The topological polar surface area (TPSA) is 67.3 Å². The van der Waals surface area contributed by atoms with Crippen LogP contribution in [0.15, 0.2) is 6.20 Å². The Morgan fingerprint density at radius 2 is 2.27 bits per heavy atom. The molecule has 84 valence electrons. The minimum Gasteiger partial charge on any atom is -0.467 e. The number of halogens is 1. The van der Waals surface area contributed by atoms with Crippen molar-refractivity contribution in [2.75, 3.05) is 19.0 Å². The lowest BCUT2D eigenvalue weighted by Gasteiger charge is -2.24. The number of aromatic nitrogens is 2. The minimum atomic E-state index is -0.497. The Balaban J connectivity index is 2.93. The molecule has 0 aliphatic carbocycles. The third-order valence-corrected chi connectivity index (χ3v) is 2.03. The Morgan fingerprint density at radius 1 is 1.60 bits per heavy atom. The van der Waals surface area contributed by atoms with E-state index in [4.69, 9.17) is 21.4 Å². The van der Waals surface area contributed by atoms with Crippen molar-refractivity contribution in [1.29, 1.82) is 0 Å². The van der Waals surface area contributed by atoms with Crippen molar-refractivity contribution in [3.05, 3.63) is 11.2 Å². The maximum Gasteiger partial charge on any atom is 0.318 e. The van der Waals surface area contributed by atoms with Gasteiger partial charge in [-0.3, -0.25) is 0 Å². The Kier molecular flexibility index (Phi) is 3.71. The second kappa shape index (κ2) is 4.63. The number of anilines is 1. The molecule has 0 unspecified atom stereocenters. The van der Waals surface area contributed by atoms with Gasteiger partial charge in [-0.25, -0.2) is 4.98 Å². The monoisotopic (exact) mass is 231 g/mol. The van der Waals surface area contributed by atoms with Crippen molar-refractivity contribution in [2.24, 2.45) is 0 Å². The number of hydrogen-bond acceptors (Lipinski definition) is 5. The smallest absolute Gasteiger partial charge is 0.318 e. The zero-order valence-corrected chi connectivity index (χ0v) is 9.67. The van der Waals surface area contributed by atoms with Gasteiger partial charge in [-0.1, -0.05) is 11.6 Å². The van der Waals surface area contributed by atoms with Gasteiger partial charge in [-0.2, -0.15) is 4.98 Å². The number of nitrogens with one attached hydrogen (secondary N) is 1. The quantitative estimate of drug-likeness (QED) is 0.818. The first-order valence-corrected chi connectivity index (χ1v) is 4.82. The van der Waals surface area contributed by atoms with Crippen LogP contribution in [-0.2, 0) is 0 Å². The maximum atomic E-state index is 9.09. The highest BCUT2D eigenvalue weighted by molar-refractivity contribution is 6.32. The Bertz CT molecular complexity index is 344. The van der Waals surface area contributed by atoms with Gasteiger partial charge in [-0.05, 0) is 13.8 Å². The maximum absolute atomic E-state index is 9.09. The first kappa shape index (κ1) is 12.0. The van der Waals surface area contributed by atoms with Gasteiger partial charge in [0.2, 0.25) is 0 Å². The molecule has 6 heteroatoms. The first-order chi connectivity index (χ1) is 6.98. The molecule has 0 aliphatic heterocycles. The van der Waals surface area contributed by atoms with Crippen LogP contribution in [0, 0.1) is 0 Å². The highest BCUT2D eigenvalue weighted by atomic mass is 35.5. The Morgan fingerprint density at radius 3 is 2.80 bits per heavy atom. The van der Waals surface area contributed by atoms with Gasteiger partial charge in [-0.15, -0.1) is 0 Å². The zero-order valence-electron chi connectivity index (χ0n) is 8.91. The van der Waals surface area contributed by atoms with Gasteiger partial charge < -0.3 is 15.2 Å². The van der Waals surface area contributed by atoms with Crippen LogP contribution in [0.2, 0.25) is 5.02 Å². The number of methoxy groups -OCH3 is 1. The van der Waals surface area contributed by atoms with Gasteiger partial charge in [0.1, 0.15) is 5.02 Å². The molecule has 0 aromatic carbocycles. The summed E-state index contributed by atoms with van der Waals surface area (Å²) in [5, 5.41) is 12.5. The molecule has 0 fully saturated rings. The predicted octanol–water partition coefficient (Wildman–Crippen LogP) is 1.32. The molecule has 15 heavy (non-hydrogen) atoms. The number of aliphatic hydroxyl groups is 1. The van der Waals surface area contributed by atoms with Crippen LogP contribution in [-0.4, -0.2) is 34.3 Å². The summed E-state index contributed by atoms with van der Waals surface area (Å²) in [5.41, 5.74) is -0.497. The minimum absolute atomic E-state index is 0.0321. The van der Waals surface area contributed by atoms with Crippen molar-refractivity contribution in [3.63, 3.8) is 0 Å². The third-order valence-electron chi connectivity index (χ3n) is 1.76. The van der Waals surface area contributed by atoms with Gasteiger partial charge >= 0.3 is 6.01 Å². The highest BCUT2D eigenvalue weighted by Crippen LogP contribution is 2.23. The molecule has 0 atom stereocenters. The van der Waals surface area contributed by atoms with E-state index < -0.39 is 5.54 Å². The Labute approximate surface area is 93.5 Å². The molecular formula is C9H14ClN3O2. The average Bonchev–Trinajstić information content (AvgIpc) is 2.21. The molecule has 0 amide bonds. The SMILES string of the molecule is COc1ncc(Cl)c(NC(C)(C)CO)n1. The van der Waals surface area contributed by atoms with E-state index in [2.05, 4.69) is 15.3 Å². The number of ether oxygens (including phenoxy) is 1. The summed E-state index contributed by atoms with van der Waals surface area (Å²) in [4.78, 5) is 7.88. The lowest BCUT2D eigenvalue weighted by atomic mass is 10.1. The van der Waals surface area contributed by atoms with Gasteiger partial charge in [0.25, 0.3) is 0 Å². The zero-order chi connectivity index (χ0) is 11.5. The largest absolute Gasteiger partial charge is 0.467 e. The fraction of sp³-hybridized carbons (Fsp3) is 0.556. The van der Waals surface area contributed by atoms with Crippen LogP contribution in [0.25, 0.3) is 0 Å². The molecule has 1 aromatic rings. The summed E-state index contributed by atoms with van der Waals surface area (Å²) in [6.45, 7) is 3.63. The van der Waals surface area contributed by atoms with E-state index in [1.165, 1.54) is 13.3 Å². The second-order valence-electron chi connectivity index (χ2n) is 3.72. The van der Waals surface area contributed by atoms with E-state index in [0.29, 0.717) is 10.8 Å². The lowest BCUT2D eigenvalue weighted by Crippen LogP contribution is -2.35. The summed E-state index contributed by atoms with van der Waals surface area (Å²) in [6.07, 6.45) is 1.45. The van der Waals surface area contributed by atoms with Crippen molar-refractivity contribution in [1.82, 2.24) is 9.97 Å². The molecule has 1 rings (SSSR count). The number of rotatable bonds is 4. The van der Waals surface area contributed by atoms with Crippen molar-refractivity contribution < 1.29 is 9.84 Å². The van der Waals surface area contributed by atoms with E-state index >= 15 is 0 Å². The molecule has 1 aromatic heterocycles. The second-order valence-corrected chi connectivity index (χ2v) is 4.13. The normalized spacial score (nSPS) is 11.3. The molecule has 0 saturated heterocycles. The summed E-state index contributed by atoms with van der Waals surface area (Å²) >= 11 is 5.89. The van der Waals surface area contributed by atoms with E-state index in [-0.39, 0.29) is 12.6 Å². The first-order valence-electron chi connectivity index (χ1n) is 4.44. The van der Waals surface area contributed by atoms with Crippen molar-refractivity contribution in [3.8, 4) is 6.01 Å². The molecule has 5 nitrogen and oxygen atoms in total. The van der Waals surface area contributed by atoms with E-state index in [0.717, 1.165) is 0 Å². The summed E-state index contributed by atoms with van der Waals surface area (Å²) < 4.78 is 4.87. The number of aliphatic hydroxyl groups excluding tert-OH is 1. The molecule has 0 bridgehead atoms. The average molecular weight is 232 g/mol. The lowest BCUT2D eigenvalue weighted by molar-refractivity contribution is 0.233. The Hall–Kier alpha value is -1.07. The van der Waals surface area contributed by atoms with Crippen molar-refractivity contribution >= 4 is 17.4 Å². The molecule has 2 N–H and O–H groups in total. The molecule has 0 saturated carbocycles. The van der Waals surface area contributed by atoms with E-state index in [1.807, 2.05) is 13.8 Å². The standard InChI is InChI=1S/C9H14ClN3O2/c1-9(2,5-14)13-7-6(10)4-11-8(12-7)15-3/h4,14H,5H2,1-3H3,(H,11,12,13). The van der Waals surface area contributed by atoms with Crippen LogP contribution in [0.4, 0.5) is 5.82 Å². The van der Waals surface area contributed by atoms with Crippen LogP contribution >= 0.6 is 11.6 Å². The van der Waals surface area contributed by atoms with Crippen LogP contribution in [0.5, 0.6) is 6.01 Å². The summed E-state index contributed by atoms with van der Waals surface area (Å²) in [6, 6.07) is 0.232. The van der Waals surface area contributed by atoms with E-state index in [9.17, 15) is 0 Å². The van der Waals surface area contributed by atoms with E-state index in [1.54, 1.807) is 0 Å². The summed E-state index contributed by atoms with van der Waals surface area (Å²) in [7, 11) is 1.48. The van der Waals surface area contributed by atoms with Gasteiger partial charge in [0.05, 0.1) is 25.5 Å². The van der Waals surface area contributed by atoms with Crippen LogP contribution in [0.1, 0.15) is 13.8 Å². The molecule has 1 heterocycles. The third kappa shape index (κ3) is 3.21. The van der Waals surface area contributed by atoms with Crippen LogP contribution < -0.4 is 10.1 Å². The predicted molar refractivity (Wildman–Crippen MR) is 58.4 cm³/mol. The molecular weight excluding hydrogens is 218 g/mol. The summed E-state index contributed by atoms with van der Waals surface area (Å²) in [5.74, 6) is 0.447. The molecule has 0 spiro atoms. The van der Waals surface area contributed by atoms with Crippen molar-refractivity contribution in [2.45, 2.75) is 19.4 Å². The van der Waals surface area contributed by atoms with Gasteiger partial charge in [0.15, 0.2) is 5.82 Å². The number of hydrogen-bond donors (Lipinski definition) is 2. The number of nitrogens with zero attached hydrogens (tertiary/aromatic N) is 2. The van der Waals surface area contributed by atoms with Crippen LogP contribution in [0.3, 0.4) is 0 Å².